The van der Waals surface area contributed by atoms with E-state index in [1.165, 1.54) is 44.3 Å². The second kappa shape index (κ2) is 8.54. The molecule has 4 nitrogen and oxygen atoms in total. The summed E-state index contributed by atoms with van der Waals surface area (Å²) in [4.78, 5) is 14.1. The van der Waals surface area contributed by atoms with Crippen molar-refractivity contribution in [3.05, 3.63) is 11.6 Å². The van der Waals surface area contributed by atoms with Gasteiger partial charge in [-0.2, -0.15) is 0 Å². The molecule has 0 atom stereocenters. The highest BCUT2D eigenvalue weighted by Gasteiger charge is 2.23. The smallest absolute Gasteiger partial charge is 0.220 e. The van der Waals surface area contributed by atoms with Crippen molar-refractivity contribution in [1.82, 2.24) is 15.5 Å². The van der Waals surface area contributed by atoms with Gasteiger partial charge in [0.05, 0.1) is 0 Å². The number of rotatable bonds is 8. The summed E-state index contributed by atoms with van der Waals surface area (Å²) in [5.41, 5.74) is 1.40. The topological polar surface area (TPSA) is 44.4 Å². The highest BCUT2D eigenvalue weighted by molar-refractivity contribution is 5.76. The maximum Gasteiger partial charge on any atom is 0.220 e. The summed E-state index contributed by atoms with van der Waals surface area (Å²) >= 11 is 0. The highest BCUT2D eigenvalue weighted by atomic mass is 16.1. The third kappa shape index (κ3) is 7.09. The molecule has 0 unspecified atom stereocenters. The number of likely N-dealkylation sites (tertiary alicyclic amines) is 1. The fraction of sp³-hybridized carbons (Fsp3) is 0.824. The first kappa shape index (κ1) is 16.5. The van der Waals surface area contributed by atoms with Crippen LogP contribution < -0.4 is 10.6 Å². The summed E-state index contributed by atoms with van der Waals surface area (Å²) in [5, 5.41) is 6.65. The van der Waals surface area contributed by atoms with E-state index < -0.39 is 0 Å². The Morgan fingerprint density at radius 3 is 2.48 bits per heavy atom. The zero-order valence-corrected chi connectivity index (χ0v) is 13.7. The van der Waals surface area contributed by atoms with Crippen LogP contribution in [0, 0.1) is 0 Å². The molecule has 21 heavy (non-hydrogen) atoms. The fourth-order valence-corrected chi connectivity index (χ4v) is 2.71. The molecule has 2 aliphatic rings. The van der Waals surface area contributed by atoms with Gasteiger partial charge >= 0.3 is 0 Å². The standard InChI is InChI=1S/C17H31N3O/c1-14(2)7-11-20-12-8-15(9-13-20)18-10-3-4-17(21)19-16-5-6-16/h7,15-16,18H,3-6,8-13H2,1-2H3,(H,19,21). The summed E-state index contributed by atoms with van der Waals surface area (Å²) < 4.78 is 0. The van der Waals surface area contributed by atoms with Crippen LogP contribution in [0.1, 0.15) is 52.4 Å². The van der Waals surface area contributed by atoms with Crippen LogP contribution in [0.25, 0.3) is 0 Å². The number of carbonyl (C=O) groups is 1. The number of carbonyl (C=O) groups excluding carboxylic acids is 1. The van der Waals surface area contributed by atoms with Gasteiger partial charge in [-0.25, -0.2) is 0 Å². The average molecular weight is 293 g/mol. The number of hydrogen-bond acceptors (Lipinski definition) is 3. The minimum absolute atomic E-state index is 0.232. The zero-order valence-electron chi connectivity index (χ0n) is 13.7. The summed E-state index contributed by atoms with van der Waals surface area (Å²) in [6.07, 6.45) is 8.74. The van der Waals surface area contributed by atoms with Crippen molar-refractivity contribution < 1.29 is 4.79 Å². The van der Waals surface area contributed by atoms with Crippen LogP contribution in [-0.2, 0) is 4.79 Å². The Morgan fingerprint density at radius 1 is 1.14 bits per heavy atom. The Hall–Kier alpha value is -0.870. The normalized spacial score (nSPS) is 20.3. The van der Waals surface area contributed by atoms with Gasteiger partial charge in [-0.3, -0.25) is 9.69 Å². The van der Waals surface area contributed by atoms with Crippen molar-refractivity contribution >= 4 is 5.91 Å². The third-order valence-corrected chi connectivity index (χ3v) is 4.30. The number of nitrogens with zero attached hydrogens (tertiary/aromatic N) is 1. The van der Waals surface area contributed by atoms with E-state index >= 15 is 0 Å². The van der Waals surface area contributed by atoms with Crippen LogP contribution in [0.4, 0.5) is 0 Å². The molecule has 2 rings (SSSR count). The largest absolute Gasteiger partial charge is 0.353 e. The van der Waals surface area contributed by atoms with Crippen LogP contribution in [0.15, 0.2) is 11.6 Å². The molecule has 120 valence electrons. The zero-order chi connectivity index (χ0) is 15.1. The molecule has 1 aliphatic heterocycles. The van der Waals surface area contributed by atoms with E-state index in [1.54, 1.807) is 0 Å². The summed E-state index contributed by atoms with van der Waals surface area (Å²) in [6.45, 7) is 8.75. The number of piperidine rings is 1. The van der Waals surface area contributed by atoms with Crippen LogP contribution in [-0.4, -0.2) is 49.1 Å². The molecule has 1 saturated heterocycles. The van der Waals surface area contributed by atoms with Crippen molar-refractivity contribution in [2.75, 3.05) is 26.2 Å². The summed E-state index contributed by atoms with van der Waals surface area (Å²) in [7, 11) is 0. The molecular weight excluding hydrogens is 262 g/mol. The van der Waals surface area contributed by atoms with Crippen molar-refractivity contribution in [2.45, 2.75) is 64.5 Å². The molecule has 0 bridgehead atoms. The monoisotopic (exact) mass is 293 g/mol. The van der Waals surface area contributed by atoms with Gasteiger partial charge in [-0.05, 0) is 65.6 Å². The molecule has 0 aromatic rings. The minimum Gasteiger partial charge on any atom is -0.353 e. The van der Waals surface area contributed by atoms with Gasteiger partial charge in [-0.15, -0.1) is 0 Å². The Balaban J connectivity index is 1.48. The molecule has 4 heteroatoms. The van der Waals surface area contributed by atoms with E-state index in [0.717, 1.165) is 19.5 Å². The van der Waals surface area contributed by atoms with E-state index in [1.807, 2.05) is 0 Å². The molecular formula is C17H31N3O. The van der Waals surface area contributed by atoms with Crippen molar-refractivity contribution in [1.29, 1.82) is 0 Å². The summed E-state index contributed by atoms with van der Waals surface area (Å²) in [5.74, 6) is 0.232. The van der Waals surface area contributed by atoms with Crippen molar-refractivity contribution in [3.63, 3.8) is 0 Å². The molecule has 0 aromatic heterocycles. The molecule has 1 aliphatic carbocycles. The Bertz CT molecular complexity index is 351. The lowest BCUT2D eigenvalue weighted by Crippen LogP contribution is -2.42. The number of allylic oxidation sites excluding steroid dienone is 1. The van der Waals surface area contributed by atoms with E-state index in [4.69, 9.17) is 0 Å². The first-order chi connectivity index (χ1) is 10.1. The molecule has 0 spiro atoms. The van der Waals surface area contributed by atoms with Gasteiger partial charge in [0.15, 0.2) is 0 Å². The molecule has 0 radical (unpaired) electrons. The third-order valence-electron chi connectivity index (χ3n) is 4.30. The van der Waals surface area contributed by atoms with Gasteiger partial charge < -0.3 is 10.6 Å². The Morgan fingerprint density at radius 2 is 1.86 bits per heavy atom. The number of nitrogens with one attached hydrogen (secondary N) is 2. The summed E-state index contributed by atoms with van der Waals surface area (Å²) in [6, 6.07) is 1.13. The van der Waals surface area contributed by atoms with Gasteiger partial charge in [-0.1, -0.05) is 11.6 Å². The quantitative estimate of drug-likeness (QED) is 0.532. The van der Waals surface area contributed by atoms with Crippen LogP contribution in [0.3, 0.4) is 0 Å². The first-order valence-corrected chi connectivity index (χ1v) is 8.52. The second-order valence-corrected chi connectivity index (χ2v) is 6.76. The van der Waals surface area contributed by atoms with Crippen LogP contribution in [0.5, 0.6) is 0 Å². The first-order valence-electron chi connectivity index (χ1n) is 8.52. The van der Waals surface area contributed by atoms with Crippen LogP contribution >= 0.6 is 0 Å². The molecule has 2 N–H and O–H groups in total. The fourth-order valence-electron chi connectivity index (χ4n) is 2.71. The van der Waals surface area contributed by atoms with E-state index in [9.17, 15) is 4.79 Å². The molecule has 2 fully saturated rings. The van der Waals surface area contributed by atoms with E-state index in [0.29, 0.717) is 18.5 Å². The van der Waals surface area contributed by atoms with Gasteiger partial charge in [0.2, 0.25) is 5.91 Å². The van der Waals surface area contributed by atoms with Gasteiger partial charge in [0, 0.05) is 25.0 Å². The van der Waals surface area contributed by atoms with Crippen molar-refractivity contribution in [2.24, 2.45) is 0 Å². The van der Waals surface area contributed by atoms with Gasteiger partial charge in [0.1, 0.15) is 0 Å². The SMILES string of the molecule is CC(C)=CCN1CCC(NCCCC(=O)NC2CC2)CC1. The lowest BCUT2D eigenvalue weighted by Gasteiger charge is -2.31. The Kier molecular flexibility index (Phi) is 6.71. The van der Waals surface area contributed by atoms with E-state index in [-0.39, 0.29) is 5.91 Å². The average Bonchev–Trinajstić information content (AvgIpc) is 3.26. The van der Waals surface area contributed by atoms with E-state index in [2.05, 4.69) is 35.5 Å². The number of hydrogen-bond donors (Lipinski definition) is 2. The maximum absolute atomic E-state index is 11.6. The number of amides is 1. The highest BCUT2D eigenvalue weighted by Crippen LogP contribution is 2.18. The molecule has 1 amide bonds. The predicted molar refractivity (Wildman–Crippen MR) is 87.3 cm³/mol. The van der Waals surface area contributed by atoms with Crippen LogP contribution in [0.2, 0.25) is 0 Å². The molecule has 1 saturated carbocycles. The van der Waals surface area contributed by atoms with Gasteiger partial charge in [0.25, 0.3) is 0 Å². The molecule has 0 aromatic carbocycles. The molecule has 1 heterocycles. The lowest BCUT2D eigenvalue weighted by molar-refractivity contribution is -0.121. The maximum atomic E-state index is 11.6. The Labute approximate surface area is 129 Å². The lowest BCUT2D eigenvalue weighted by atomic mass is 10.0. The second-order valence-electron chi connectivity index (χ2n) is 6.76. The van der Waals surface area contributed by atoms with Crippen molar-refractivity contribution in [3.8, 4) is 0 Å². The minimum atomic E-state index is 0.232. The predicted octanol–water partition coefficient (Wildman–Crippen LogP) is 2.07.